The molecular weight excluding hydrogens is 330 g/mol. The second-order valence-corrected chi connectivity index (χ2v) is 7.04. The zero-order chi connectivity index (χ0) is 17.2. The lowest BCUT2D eigenvalue weighted by Crippen LogP contribution is -2.32. The third kappa shape index (κ3) is 2.91. The van der Waals surface area contributed by atoms with Crippen LogP contribution < -0.4 is 5.32 Å². The van der Waals surface area contributed by atoms with Crippen molar-refractivity contribution < 1.29 is 4.79 Å². The number of carbonyl (C=O) groups is 1. The lowest BCUT2D eigenvalue weighted by molar-refractivity contribution is 0.0729. The molecule has 4 nitrogen and oxygen atoms in total. The first-order chi connectivity index (χ1) is 12.3. The molecule has 1 aliphatic heterocycles. The summed E-state index contributed by atoms with van der Waals surface area (Å²) < 4.78 is 0. The Morgan fingerprint density at radius 3 is 2.84 bits per heavy atom. The molecule has 3 aromatic rings. The van der Waals surface area contributed by atoms with Crippen molar-refractivity contribution >= 4 is 22.9 Å². The fraction of sp³-hybridized carbons (Fsp3) is 0.200. The topological polar surface area (TPSA) is 45.2 Å². The van der Waals surface area contributed by atoms with E-state index >= 15 is 0 Å². The van der Waals surface area contributed by atoms with Crippen molar-refractivity contribution in [2.75, 3.05) is 5.32 Å². The Bertz CT molecular complexity index is 891. The second-order valence-electron chi connectivity index (χ2n) is 6.01. The van der Waals surface area contributed by atoms with Gasteiger partial charge in [0.2, 0.25) is 0 Å². The van der Waals surface area contributed by atoms with E-state index in [0.29, 0.717) is 12.1 Å². The van der Waals surface area contributed by atoms with Gasteiger partial charge in [-0.15, -0.1) is 11.3 Å². The summed E-state index contributed by atoms with van der Waals surface area (Å²) >= 11 is 1.66. The molecule has 0 aliphatic carbocycles. The Morgan fingerprint density at radius 1 is 1.16 bits per heavy atom. The predicted molar refractivity (Wildman–Crippen MR) is 101 cm³/mol. The molecule has 0 saturated heterocycles. The number of nitrogens with one attached hydrogen (secondary N) is 1. The van der Waals surface area contributed by atoms with E-state index in [1.807, 2.05) is 40.6 Å². The van der Waals surface area contributed by atoms with Gasteiger partial charge in [-0.2, -0.15) is 0 Å². The van der Waals surface area contributed by atoms with Gasteiger partial charge in [0.1, 0.15) is 6.17 Å². The number of rotatable bonds is 5. The first-order valence-electron chi connectivity index (χ1n) is 8.40. The predicted octanol–water partition coefficient (Wildman–Crippen LogP) is 4.47. The van der Waals surface area contributed by atoms with Crippen molar-refractivity contribution in [1.82, 2.24) is 9.88 Å². The lowest BCUT2D eigenvalue weighted by atomic mass is 10.1. The molecule has 0 bridgehead atoms. The van der Waals surface area contributed by atoms with Crippen molar-refractivity contribution in [3.63, 3.8) is 0 Å². The molecule has 1 aliphatic rings. The van der Waals surface area contributed by atoms with Crippen LogP contribution in [0.15, 0.2) is 60.1 Å². The molecular formula is C20H19N3OS. The highest BCUT2D eigenvalue weighted by Crippen LogP contribution is 2.35. The molecule has 1 N–H and O–H groups in total. The molecule has 1 amide bonds. The van der Waals surface area contributed by atoms with Crippen LogP contribution in [0.5, 0.6) is 0 Å². The van der Waals surface area contributed by atoms with Crippen molar-refractivity contribution in [3.8, 4) is 0 Å². The van der Waals surface area contributed by atoms with E-state index in [4.69, 9.17) is 0 Å². The number of pyridine rings is 1. The highest BCUT2D eigenvalue weighted by molar-refractivity contribution is 7.09. The largest absolute Gasteiger partial charge is 0.360 e. The van der Waals surface area contributed by atoms with E-state index < -0.39 is 0 Å². The molecule has 0 radical (unpaired) electrons. The molecule has 4 rings (SSSR count). The van der Waals surface area contributed by atoms with Crippen LogP contribution >= 0.6 is 11.3 Å². The average Bonchev–Trinajstić information content (AvgIpc) is 3.25. The summed E-state index contributed by atoms with van der Waals surface area (Å²) in [5, 5.41) is 5.59. The SMILES string of the molecule is CCc1ccccc1NC1c2ncccc2C(=O)N1Cc1cccs1. The number of thiophene rings is 1. The summed E-state index contributed by atoms with van der Waals surface area (Å²) in [6.07, 6.45) is 2.43. The highest BCUT2D eigenvalue weighted by atomic mass is 32.1. The number of hydrogen-bond acceptors (Lipinski definition) is 4. The van der Waals surface area contributed by atoms with Crippen molar-refractivity contribution in [2.45, 2.75) is 26.1 Å². The molecule has 126 valence electrons. The van der Waals surface area contributed by atoms with Crippen LogP contribution in [0.3, 0.4) is 0 Å². The number of para-hydroxylation sites is 1. The summed E-state index contributed by atoms with van der Waals surface area (Å²) in [4.78, 5) is 20.5. The Labute approximate surface area is 151 Å². The Morgan fingerprint density at radius 2 is 2.04 bits per heavy atom. The summed E-state index contributed by atoms with van der Waals surface area (Å²) in [7, 11) is 0. The van der Waals surface area contributed by atoms with Gasteiger partial charge >= 0.3 is 0 Å². The minimum atomic E-state index is -0.251. The Hall–Kier alpha value is -2.66. The molecule has 5 heteroatoms. The maximum Gasteiger partial charge on any atom is 0.258 e. The normalized spacial score (nSPS) is 16.1. The molecule has 25 heavy (non-hydrogen) atoms. The number of aromatic nitrogens is 1. The van der Waals surface area contributed by atoms with Crippen LogP contribution in [0.4, 0.5) is 5.69 Å². The van der Waals surface area contributed by atoms with Crippen LogP contribution in [0.2, 0.25) is 0 Å². The fourth-order valence-corrected chi connectivity index (χ4v) is 3.94. The summed E-state index contributed by atoms with van der Waals surface area (Å²) in [5.41, 5.74) is 3.77. The fourth-order valence-electron chi connectivity index (χ4n) is 3.23. The van der Waals surface area contributed by atoms with Crippen molar-refractivity contribution in [2.24, 2.45) is 0 Å². The zero-order valence-corrected chi connectivity index (χ0v) is 14.8. The van der Waals surface area contributed by atoms with Gasteiger partial charge in [-0.05, 0) is 41.6 Å². The highest BCUT2D eigenvalue weighted by Gasteiger charge is 2.38. The zero-order valence-electron chi connectivity index (χ0n) is 14.0. The minimum absolute atomic E-state index is 0.0305. The Balaban J connectivity index is 1.71. The quantitative estimate of drug-likeness (QED) is 0.739. The van der Waals surface area contributed by atoms with Gasteiger partial charge in [0, 0.05) is 16.8 Å². The number of anilines is 1. The maximum absolute atomic E-state index is 12.9. The van der Waals surface area contributed by atoms with E-state index in [1.54, 1.807) is 17.5 Å². The number of amides is 1. The van der Waals surface area contributed by atoms with Gasteiger partial charge in [0.15, 0.2) is 0 Å². The Kier molecular flexibility index (Phi) is 4.24. The van der Waals surface area contributed by atoms with Crippen LogP contribution in [0.25, 0.3) is 0 Å². The van der Waals surface area contributed by atoms with Gasteiger partial charge in [-0.1, -0.05) is 31.2 Å². The summed E-state index contributed by atoms with van der Waals surface area (Å²) in [6.45, 7) is 2.72. The molecule has 0 fully saturated rings. The third-order valence-electron chi connectivity index (χ3n) is 4.50. The van der Waals surface area contributed by atoms with E-state index in [0.717, 1.165) is 22.7 Å². The number of benzene rings is 1. The van der Waals surface area contributed by atoms with E-state index in [1.165, 1.54) is 5.56 Å². The van der Waals surface area contributed by atoms with Gasteiger partial charge < -0.3 is 10.2 Å². The van der Waals surface area contributed by atoms with Gasteiger partial charge in [0.05, 0.1) is 17.8 Å². The first-order valence-corrected chi connectivity index (χ1v) is 9.28. The molecule has 1 unspecified atom stereocenters. The third-order valence-corrected chi connectivity index (χ3v) is 5.36. The average molecular weight is 349 g/mol. The summed E-state index contributed by atoms with van der Waals surface area (Å²) in [5.74, 6) is 0.0305. The van der Waals surface area contributed by atoms with Gasteiger partial charge in [-0.25, -0.2) is 0 Å². The van der Waals surface area contributed by atoms with E-state index in [9.17, 15) is 4.79 Å². The standard InChI is InChI=1S/C20H19N3OS/c1-2-14-7-3-4-10-17(14)22-19-18-16(9-5-11-21-18)20(24)23(19)13-15-8-6-12-25-15/h3-12,19,22H,2,13H2,1H3. The van der Waals surface area contributed by atoms with Crippen LogP contribution in [0.1, 0.15) is 39.6 Å². The minimum Gasteiger partial charge on any atom is -0.360 e. The van der Waals surface area contributed by atoms with E-state index in [2.05, 4.69) is 35.4 Å². The molecule has 1 atom stereocenters. The first kappa shape index (κ1) is 15.8. The maximum atomic E-state index is 12.9. The van der Waals surface area contributed by atoms with Crippen LogP contribution in [0, 0.1) is 0 Å². The molecule has 0 saturated carbocycles. The number of nitrogens with zero attached hydrogens (tertiary/aromatic N) is 2. The smallest absolute Gasteiger partial charge is 0.258 e. The van der Waals surface area contributed by atoms with Gasteiger partial charge in [0.25, 0.3) is 5.91 Å². The monoisotopic (exact) mass is 349 g/mol. The number of carbonyl (C=O) groups excluding carboxylic acids is 1. The van der Waals surface area contributed by atoms with Gasteiger partial charge in [-0.3, -0.25) is 9.78 Å². The number of aryl methyl sites for hydroxylation is 1. The molecule has 1 aromatic carbocycles. The lowest BCUT2D eigenvalue weighted by Gasteiger charge is -2.27. The van der Waals surface area contributed by atoms with Crippen LogP contribution in [-0.4, -0.2) is 15.8 Å². The number of fused-ring (bicyclic) bond motifs is 1. The van der Waals surface area contributed by atoms with Crippen molar-refractivity contribution in [1.29, 1.82) is 0 Å². The molecule has 3 heterocycles. The van der Waals surface area contributed by atoms with E-state index in [-0.39, 0.29) is 12.1 Å². The molecule has 2 aromatic heterocycles. The molecule has 0 spiro atoms. The number of hydrogen-bond donors (Lipinski definition) is 1. The summed E-state index contributed by atoms with van der Waals surface area (Å²) in [6, 6.07) is 16.0. The second kappa shape index (κ2) is 6.69. The van der Waals surface area contributed by atoms with Crippen molar-refractivity contribution in [3.05, 3.63) is 81.8 Å². The van der Waals surface area contributed by atoms with Crippen LogP contribution in [-0.2, 0) is 13.0 Å².